The first kappa shape index (κ1) is 49.7. The molecule has 16 heteroatoms. The van der Waals surface area contributed by atoms with E-state index in [0.717, 1.165) is 16.7 Å². The third-order valence-corrected chi connectivity index (χ3v) is 11.1. The van der Waals surface area contributed by atoms with E-state index in [1.54, 1.807) is 25.6 Å². The van der Waals surface area contributed by atoms with Gasteiger partial charge in [0.25, 0.3) is 0 Å². The predicted octanol–water partition coefficient (Wildman–Crippen LogP) is 5.44. The maximum absolute atomic E-state index is 13.2. The summed E-state index contributed by atoms with van der Waals surface area (Å²) in [4.78, 5) is 62.7. The molecule has 0 aliphatic rings. The minimum atomic E-state index is -0.488. The molecule has 10 amide bonds. The van der Waals surface area contributed by atoms with Crippen LogP contribution in [0.25, 0.3) is 0 Å². The van der Waals surface area contributed by atoms with E-state index in [1.165, 1.54) is 7.05 Å². The number of urea groups is 5. The summed E-state index contributed by atoms with van der Waals surface area (Å²) in [6, 6.07) is 28.0. The number of rotatable bonds is 23. The van der Waals surface area contributed by atoms with Crippen LogP contribution in [0.2, 0.25) is 0 Å². The van der Waals surface area contributed by atoms with E-state index in [1.807, 2.05) is 32.0 Å². The van der Waals surface area contributed by atoms with Crippen LogP contribution in [0.4, 0.5) is 24.0 Å². The molecule has 0 aromatic heterocycles. The Morgan fingerprint density at radius 1 is 0.475 bits per heavy atom. The van der Waals surface area contributed by atoms with Crippen LogP contribution in [0.1, 0.15) is 71.1 Å². The quantitative estimate of drug-likeness (QED) is 0.0444. The Hall–Kier alpha value is -5.64. The van der Waals surface area contributed by atoms with Gasteiger partial charge in [-0.2, -0.15) is 0 Å². The van der Waals surface area contributed by atoms with Gasteiger partial charge in [-0.25, -0.2) is 24.0 Å². The molecule has 334 valence electrons. The highest BCUT2D eigenvalue weighted by Crippen LogP contribution is 2.48. The van der Waals surface area contributed by atoms with Gasteiger partial charge in [0, 0.05) is 69.7 Å². The molecule has 0 unspecified atom stereocenters. The van der Waals surface area contributed by atoms with Crippen LogP contribution in [0.3, 0.4) is 0 Å². The van der Waals surface area contributed by atoms with Crippen molar-refractivity contribution in [3.05, 3.63) is 108 Å². The molecule has 3 aromatic carbocycles. The monoisotopic (exact) mass is 861 g/mol. The van der Waals surface area contributed by atoms with Crippen molar-refractivity contribution in [3.63, 3.8) is 0 Å². The summed E-state index contributed by atoms with van der Waals surface area (Å²) in [6.45, 7) is 12.9. The number of thioether (sulfide) groups is 1. The van der Waals surface area contributed by atoms with Gasteiger partial charge in [0.2, 0.25) is 0 Å². The lowest BCUT2D eigenvalue weighted by molar-refractivity contribution is 0.225. The summed E-state index contributed by atoms with van der Waals surface area (Å²) in [5.41, 5.74) is 3.46. The first-order valence-electron chi connectivity index (χ1n) is 21.1. The Kier molecular flexibility index (Phi) is 21.6. The number of hydrogen-bond acceptors (Lipinski definition) is 6. The van der Waals surface area contributed by atoms with Gasteiger partial charge < -0.3 is 53.2 Å². The van der Waals surface area contributed by atoms with E-state index in [0.29, 0.717) is 31.1 Å². The largest absolute Gasteiger partial charge is 0.341 e. The molecule has 0 fully saturated rings. The fourth-order valence-corrected chi connectivity index (χ4v) is 8.22. The normalized spacial score (nSPS) is 13.1. The number of hydrogen-bond donors (Lipinski definition) is 10. The Balaban J connectivity index is 1.42. The zero-order chi connectivity index (χ0) is 44.6. The van der Waals surface area contributed by atoms with Crippen LogP contribution in [0.15, 0.2) is 91.0 Å². The summed E-state index contributed by atoms with van der Waals surface area (Å²) in [5.74, 6) is 1.20. The lowest BCUT2D eigenvalue weighted by Crippen LogP contribution is -2.53. The van der Waals surface area contributed by atoms with Crippen molar-refractivity contribution in [2.24, 2.45) is 11.8 Å². The zero-order valence-corrected chi connectivity index (χ0v) is 37.5. The van der Waals surface area contributed by atoms with Crippen LogP contribution in [0.5, 0.6) is 0 Å². The van der Waals surface area contributed by atoms with E-state index in [9.17, 15) is 24.0 Å². The molecule has 3 aromatic rings. The van der Waals surface area contributed by atoms with Gasteiger partial charge in [0.15, 0.2) is 0 Å². The zero-order valence-electron chi connectivity index (χ0n) is 36.7. The van der Waals surface area contributed by atoms with E-state index < -0.39 is 34.9 Å². The average molecular weight is 861 g/mol. The van der Waals surface area contributed by atoms with Crippen molar-refractivity contribution >= 4 is 41.9 Å². The third-order valence-electron chi connectivity index (χ3n) is 9.57. The maximum Gasteiger partial charge on any atom is 0.315 e. The topological polar surface area (TPSA) is 206 Å². The van der Waals surface area contributed by atoms with Crippen molar-refractivity contribution in [1.82, 2.24) is 53.2 Å². The molecule has 0 spiro atoms. The lowest BCUT2D eigenvalue weighted by atomic mass is 9.84. The lowest BCUT2D eigenvalue weighted by Gasteiger charge is -2.35. The second kappa shape index (κ2) is 26.5. The van der Waals surface area contributed by atoms with E-state index in [2.05, 4.69) is 140 Å². The molecule has 3 rings (SSSR count). The molecule has 0 saturated carbocycles. The molecule has 0 aliphatic carbocycles. The molecule has 0 bridgehead atoms. The highest BCUT2D eigenvalue weighted by molar-refractivity contribution is 8.00. The summed E-state index contributed by atoms with van der Waals surface area (Å²) >= 11 is 1.77. The Morgan fingerprint density at radius 3 is 1.20 bits per heavy atom. The van der Waals surface area contributed by atoms with Gasteiger partial charge >= 0.3 is 30.2 Å². The number of benzene rings is 3. The molecule has 61 heavy (non-hydrogen) atoms. The Morgan fingerprint density at radius 2 is 0.820 bits per heavy atom. The van der Waals surface area contributed by atoms with Crippen molar-refractivity contribution in [1.29, 1.82) is 0 Å². The van der Waals surface area contributed by atoms with Crippen molar-refractivity contribution in [2.45, 2.75) is 83.3 Å². The summed E-state index contributed by atoms with van der Waals surface area (Å²) < 4.78 is -0.488. The molecule has 0 heterocycles. The van der Waals surface area contributed by atoms with Crippen LogP contribution >= 0.6 is 11.8 Å². The molecule has 0 aliphatic heterocycles. The predicted molar refractivity (Wildman–Crippen MR) is 246 cm³/mol. The first-order valence-corrected chi connectivity index (χ1v) is 22.1. The van der Waals surface area contributed by atoms with Crippen LogP contribution in [-0.4, -0.2) is 99.8 Å². The van der Waals surface area contributed by atoms with Gasteiger partial charge in [0.05, 0.1) is 4.75 Å². The van der Waals surface area contributed by atoms with Gasteiger partial charge in [-0.05, 0) is 55.2 Å². The molecule has 15 nitrogen and oxygen atoms in total. The van der Waals surface area contributed by atoms with Gasteiger partial charge in [-0.15, -0.1) is 11.8 Å². The Labute approximate surface area is 366 Å². The number of amides is 10. The Bertz CT molecular complexity index is 1670. The highest BCUT2D eigenvalue weighted by atomic mass is 32.2. The van der Waals surface area contributed by atoms with E-state index in [-0.39, 0.29) is 56.2 Å². The summed E-state index contributed by atoms with van der Waals surface area (Å²) in [7, 11) is 1.52. The van der Waals surface area contributed by atoms with Crippen LogP contribution < -0.4 is 53.2 Å². The maximum atomic E-state index is 13.2. The fraction of sp³-hybridized carbons (Fsp3) is 0.489. The molecule has 4 atom stereocenters. The molecular formula is C45H68N10O5S. The second-order valence-corrected chi connectivity index (χ2v) is 17.3. The first-order chi connectivity index (χ1) is 29.2. The third kappa shape index (κ3) is 18.3. The molecule has 0 radical (unpaired) electrons. The van der Waals surface area contributed by atoms with E-state index >= 15 is 0 Å². The molecule has 10 N–H and O–H groups in total. The minimum absolute atomic E-state index is 0.156. The number of carbonyl (C=O) groups excluding carboxylic acids is 5. The summed E-state index contributed by atoms with van der Waals surface area (Å²) in [5, 5.41) is 28.1. The van der Waals surface area contributed by atoms with Crippen molar-refractivity contribution in [3.8, 4) is 0 Å². The van der Waals surface area contributed by atoms with Crippen LogP contribution in [0, 0.1) is 11.8 Å². The number of nitrogens with one attached hydrogen (secondary N) is 10. The van der Waals surface area contributed by atoms with Crippen molar-refractivity contribution in [2.75, 3.05) is 45.5 Å². The highest BCUT2D eigenvalue weighted by Gasteiger charge is 2.36. The van der Waals surface area contributed by atoms with Gasteiger partial charge in [0.1, 0.15) is 0 Å². The van der Waals surface area contributed by atoms with Crippen molar-refractivity contribution < 1.29 is 24.0 Å². The molecule has 0 saturated heterocycles. The van der Waals surface area contributed by atoms with Crippen LogP contribution in [-0.2, 0) is 4.75 Å². The smallest absolute Gasteiger partial charge is 0.315 e. The molecular weight excluding hydrogens is 793 g/mol. The second-order valence-electron chi connectivity index (χ2n) is 16.0. The SMILES string of the molecule is CNC(=O)NC[C@H](CC(C)C)NC(=O)NC[C@H](C)NC(=O)NC[C@H](C)NC(=O)NC[C@H](CC(C)C)NC(=O)NCCSC(c1ccccc1)(c1ccccc1)c1ccccc1. The fourth-order valence-electron chi connectivity index (χ4n) is 6.80. The number of carbonyl (C=O) groups is 5. The average Bonchev–Trinajstić information content (AvgIpc) is 3.23. The van der Waals surface area contributed by atoms with Gasteiger partial charge in [-0.1, -0.05) is 119 Å². The summed E-state index contributed by atoms with van der Waals surface area (Å²) in [6.07, 6.45) is 1.33. The minimum Gasteiger partial charge on any atom is -0.341 e. The van der Waals surface area contributed by atoms with E-state index in [4.69, 9.17) is 0 Å². The van der Waals surface area contributed by atoms with Gasteiger partial charge in [-0.3, -0.25) is 0 Å². The standard InChI is InChI=1S/C45H68N10O5S/c1-31(2)25-38(29-50-40(56)46-7)55-44(60)49-28-34(6)52-42(58)48-27-33(5)53-43(59)51-30-39(26-32(3)4)54-41(57)47-23-24-61-45(35-17-11-8-12-18-35,36-19-13-9-14-20-36)37-21-15-10-16-22-37/h8-22,31-34,38-39H,23-30H2,1-7H3,(H2,46,50,56)(H2,47,54,57)(H2,48,52,58)(H2,49,55,60)(H2,51,53,59)/t33-,34-,38-,39-/m0/s1.